The van der Waals surface area contributed by atoms with Gasteiger partial charge in [0.05, 0.1) is 0 Å². The second kappa shape index (κ2) is 4.77. The molecule has 1 unspecified atom stereocenters. The molecule has 1 aromatic carbocycles. The number of hydrogen-bond donors (Lipinski definition) is 1. The van der Waals surface area contributed by atoms with E-state index in [0.29, 0.717) is 6.54 Å². The van der Waals surface area contributed by atoms with Crippen LogP contribution in [-0.2, 0) is 10.2 Å². The Morgan fingerprint density at radius 2 is 1.95 bits per heavy atom. The van der Waals surface area contributed by atoms with Gasteiger partial charge in [-0.05, 0) is 31.9 Å². The predicted molar refractivity (Wildman–Crippen MR) is 79.3 cm³/mol. The molecule has 0 saturated heterocycles. The van der Waals surface area contributed by atoms with E-state index in [9.17, 15) is 4.79 Å². The molecule has 1 amide bonds. The summed E-state index contributed by atoms with van der Waals surface area (Å²) in [6, 6.07) is 8.03. The molecular weight excluding hydrogens is 252 g/mol. The molecule has 2 N–H and O–H groups in total. The molecule has 4 nitrogen and oxygen atoms in total. The third-order valence-corrected chi connectivity index (χ3v) is 3.54. The van der Waals surface area contributed by atoms with Crippen molar-refractivity contribution in [3.63, 3.8) is 0 Å². The highest BCUT2D eigenvalue weighted by molar-refractivity contribution is 5.70. The van der Waals surface area contributed by atoms with Gasteiger partial charge in [-0.25, -0.2) is 4.79 Å². The third-order valence-electron chi connectivity index (χ3n) is 3.54. The fourth-order valence-electron chi connectivity index (χ4n) is 2.65. The van der Waals surface area contributed by atoms with E-state index in [0.717, 1.165) is 5.56 Å². The number of rotatable bonds is 0. The zero-order chi connectivity index (χ0) is 15.1. The summed E-state index contributed by atoms with van der Waals surface area (Å²) >= 11 is 0. The van der Waals surface area contributed by atoms with Crippen LogP contribution in [0.2, 0.25) is 0 Å². The number of fused-ring (bicyclic) bond motifs is 1. The summed E-state index contributed by atoms with van der Waals surface area (Å²) in [6.07, 6.45) is -0.804. The number of benzene rings is 1. The molecule has 0 fully saturated rings. The van der Waals surface area contributed by atoms with E-state index in [4.69, 9.17) is 10.5 Å². The van der Waals surface area contributed by atoms with Crippen LogP contribution in [0.5, 0.6) is 0 Å². The summed E-state index contributed by atoms with van der Waals surface area (Å²) in [5.41, 5.74) is 7.80. The van der Waals surface area contributed by atoms with Crippen molar-refractivity contribution in [3.05, 3.63) is 35.4 Å². The van der Waals surface area contributed by atoms with Crippen LogP contribution in [0, 0.1) is 0 Å². The summed E-state index contributed by atoms with van der Waals surface area (Å²) in [6.45, 7) is 10.4. The lowest BCUT2D eigenvalue weighted by molar-refractivity contribution is 0.00861. The van der Waals surface area contributed by atoms with Gasteiger partial charge in [0.25, 0.3) is 0 Å². The quantitative estimate of drug-likeness (QED) is 0.792. The van der Waals surface area contributed by atoms with Crippen molar-refractivity contribution in [3.8, 4) is 0 Å². The fourth-order valence-corrected chi connectivity index (χ4v) is 2.65. The van der Waals surface area contributed by atoms with Gasteiger partial charge in [0, 0.05) is 12.0 Å². The minimum atomic E-state index is -0.516. The molecule has 0 aliphatic carbocycles. The van der Waals surface area contributed by atoms with Crippen molar-refractivity contribution in [2.45, 2.75) is 51.8 Å². The van der Waals surface area contributed by atoms with Crippen LogP contribution in [0.1, 0.15) is 51.9 Å². The molecule has 1 aliphatic rings. The van der Waals surface area contributed by atoms with Gasteiger partial charge in [-0.3, -0.25) is 4.90 Å². The molecule has 0 aromatic heterocycles. The molecule has 110 valence electrons. The maximum atomic E-state index is 12.3. The number of nitrogens with zero attached hydrogens (tertiary/aromatic N) is 1. The molecule has 1 aliphatic heterocycles. The topological polar surface area (TPSA) is 55.6 Å². The summed E-state index contributed by atoms with van der Waals surface area (Å²) in [5.74, 6) is 0. The summed E-state index contributed by atoms with van der Waals surface area (Å²) in [4.78, 5) is 14.0. The number of hydrogen-bond acceptors (Lipinski definition) is 3. The first-order valence-corrected chi connectivity index (χ1v) is 6.96. The van der Waals surface area contributed by atoms with Crippen LogP contribution < -0.4 is 5.73 Å². The number of carbonyl (C=O) groups excluding carboxylic acids is 1. The fraction of sp³-hybridized carbons (Fsp3) is 0.562. The lowest BCUT2D eigenvalue weighted by atomic mass is 9.77. The van der Waals surface area contributed by atoms with Crippen LogP contribution in [0.3, 0.4) is 0 Å². The van der Waals surface area contributed by atoms with E-state index in [1.807, 2.05) is 39.0 Å². The van der Waals surface area contributed by atoms with Crippen molar-refractivity contribution in [2.24, 2.45) is 5.73 Å². The van der Waals surface area contributed by atoms with Crippen molar-refractivity contribution < 1.29 is 9.53 Å². The monoisotopic (exact) mass is 276 g/mol. The zero-order valence-corrected chi connectivity index (χ0v) is 12.9. The SMILES string of the molecule is CC(C)(C)OC(=O)N1CC(C)(C)c2ccccc2C1N. The maximum absolute atomic E-state index is 12.3. The Bertz CT molecular complexity index is 517. The molecule has 0 spiro atoms. The first-order valence-electron chi connectivity index (χ1n) is 6.96. The van der Waals surface area contributed by atoms with Crippen molar-refractivity contribution in [2.75, 3.05) is 6.54 Å². The minimum absolute atomic E-state index is 0.136. The van der Waals surface area contributed by atoms with E-state index >= 15 is 0 Å². The number of carbonyl (C=O) groups is 1. The smallest absolute Gasteiger partial charge is 0.411 e. The van der Waals surface area contributed by atoms with Crippen LogP contribution >= 0.6 is 0 Å². The molecule has 4 heteroatoms. The van der Waals surface area contributed by atoms with Crippen LogP contribution in [0.15, 0.2) is 24.3 Å². The Labute approximate surface area is 120 Å². The van der Waals surface area contributed by atoms with Crippen LogP contribution in [0.25, 0.3) is 0 Å². The van der Waals surface area contributed by atoms with E-state index in [2.05, 4.69) is 19.9 Å². The van der Waals surface area contributed by atoms with Gasteiger partial charge in [0.2, 0.25) is 0 Å². The number of amides is 1. The molecule has 0 saturated carbocycles. The number of ether oxygens (including phenoxy) is 1. The highest BCUT2D eigenvalue weighted by Gasteiger charge is 2.39. The molecule has 1 heterocycles. The summed E-state index contributed by atoms with van der Waals surface area (Å²) in [7, 11) is 0. The normalized spacial score (nSPS) is 21.3. The Balaban J connectivity index is 2.34. The summed E-state index contributed by atoms with van der Waals surface area (Å²) in [5, 5.41) is 0. The number of nitrogens with two attached hydrogens (primary N) is 1. The second-order valence-electron chi connectivity index (χ2n) is 7.02. The average molecular weight is 276 g/mol. The molecule has 1 aromatic rings. The molecule has 0 radical (unpaired) electrons. The Morgan fingerprint density at radius 1 is 1.35 bits per heavy atom. The zero-order valence-electron chi connectivity index (χ0n) is 12.9. The van der Waals surface area contributed by atoms with Gasteiger partial charge in [-0.15, -0.1) is 0 Å². The Hall–Kier alpha value is -1.55. The predicted octanol–water partition coefficient (Wildman–Crippen LogP) is 3.17. The average Bonchev–Trinajstić information content (AvgIpc) is 2.32. The van der Waals surface area contributed by atoms with Crippen LogP contribution in [-0.4, -0.2) is 23.1 Å². The maximum Gasteiger partial charge on any atom is 0.411 e. The largest absolute Gasteiger partial charge is 0.444 e. The van der Waals surface area contributed by atoms with Gasteiger partial charge in [0.15, 0.2) is 0 Å². The van der Waals surface area contributed by atoms with E-state index < -0.39 is 11.8 Å². The molecule has 20 heavy (non-hydrogen) atoms. The highest BCUT2D eigenvalue weighted by atomic mass is 16.6. The second-order valence-corrected chi connectivity index (χ2v) is 7.02. The molecule has 2 rings (SSSR count). The van der Waals surface area contributed by atoms with Crippen molar-refractivity contribution >= 4 is 6.09 Å². The van der Waals surface area contributed by atoms with Gasteiger partial charge >= 0.3 is 6.09 Å². The van der Waals surface area contributed by atoms with E-state index in [-0.39, 0.29) is 11.5 Å². The molecule has 0 bridgehead atoms. The standard InChI is InChI=1S/C16H24N2O2/c1-15(2,3)20-14(19)18-10-16(4,5)12-9-7-6-8-11(12)13(18)17/h6-9,13H,10,17H2,1-5H3. The van der Waals surface area contributed by atoms with E-state index in [1.165, 1.54) is 5.56 Å². The van der Waals surface area contributed by atoms with Gasteiger partial charge in [-0.1, -0.05) is 38.1 Å². The molecular formula is C16H24N2O2. The van der Waals surface area contributed by atoms with Crippen molar-refractivity contribution in [1.82, 2.24) is 4.90 Å². The van der Waals surface area contributed by atoms with Crippen LogP contribution in [0.4, 0.5) is 4.79 Å². The highest BCUT2D eigenvalue weighted by Crippen LogP contribution is 2.37. The van der Waals surface area contributed by atoms with E-state index in [1.54, 1.807) is 4.90 Å². The first-order chi connectivity index (χ1) is 9.12. The van der Waals surface area contributed by atoms with Gasteiger partial charge < -0.3 is 10.5 Å². The van der Waals surface area contributed by atoms with Gasteiger partial charge in [-0.2, -0.15) is 0 Å². The lowest BCUT2D eigenvalue weighted by Crippen LogP contribution is -2.51. The third kappa shape index (κ3) is 2.80. The molecule has 1 atom stereocenters. The van der Waals surface area contributed by atoms with Gasteiger partial charge in [0.1, 0.15) is 11.8 Å². The summed E-state index contributed by atoms with van der Waals surface area (Å²) < 4.78 is 5.46. The Morgan fingerprint density at radius 3 is 2.55 bits per heavy atom. The lowest BCUT2D eigenvalue weighted by Gasteiger charge is -2.43. The van der Waals surface area contributed by atoms with Crippen molar-refractivity contribution in [1.29, 1.82) is 0 Å². The minimum Gasteiger partial charge on any atom is -0.444 e. The Kier molecular flexibility index (Phi) is 3.54. The first kappa shape index (κ1) is 14.9.